The smallest absolute Gasteiger partial charge is 0.326 e. The summed E-state index contributed by atoms with van der Waals surface area (Å²) in [5, 5.41) is 16.8. The Morgan fingerprint density at radius 1 is 1.07 bits per heavy atom. The van der Waals surface area contributed by atoms with Crippen molar-refractivity contribution in [2.45, 2.75) is 63.7 Å². The van der Waals surface area contributed by atoms with Crippen molar-refractivity contribution in [1.82, 2.24) is 25.9 Å². The predicted octanol–water partition coefficient (Wildman–Crippen LogP) is -2.01. The molecule has 4 atom stereocenters. The molecule has 0 radical (unpaired) electrons. The molecule has 30 heavy (non-hydrogen) atoms. The molecule has 12 nitrogen and oxygen atoms in total. The quantitative estimate of drug-likeness (QED) is 0.175. The Balaban J connectivity index is 2.85. The van der Waals surface area contributed by atoms with Gasteiger partial charge in [0.15, 0.2) is 0 Å². The molecule has 1 aromatic rings. The molecule has 1 rings (SSSR count). The lowest BCUT2D eigenvalue weighted by atomic mass is 10.1. The third-order valence-corrected chi connectivity index (χ3v) is 4.34. The van der Waals surface area contributed by atoms with Crippen molar-refractivity contribution in [2.24, 2.45) is 11.5 Å². The number of imidazole rings is 1. The number of carbonyl (C=O) groups excluding carboxylic acids is 3. The summed E-state index contributed by atoms with van der Waals surface area (Å²) in [6, 6.07) is -3.93. The maximum absolute atomic E-state index is 12.8. The van der Waals surface area contributed by atoms with E-state index in [-0.39, 0.29) is 12.8 Å². The normalized spacial score (nSPS) is 14.8. The summed E-state index contributed by atoms with van der Waals surface area (Å²) >= 11 is 0. The highest BCUT2D eigenvalue weighted by molar-refractivity contribution is 5.93. The number of rotatable bonds is 13. The van der Waals surface area contributed by atoms with Gasteiger partial charge in [-0.3, -0.25) is 14.4 Å². The summed E-state index contributed by atoms with van der Waals surface area (Å²) in [7, 11) is 0. The van der Waals surface area contributed by atoms with E-state index in [1.54, 1.807) is 0 Å². The van der Waals surface area contributed by atoms with Crippen LogP contribution >= 0.6 is 0 Å². The fourth-order valence-electron chi connectivity index (χ4n) is 2.56. The van der Waals surface area contributed by atoms with E-state index in [0.717, 1.165) is 0 Å². The van der Waals surface area contributed by atoms with Gasteiger partial charge in [0.05, 0.1) is 12.4 Å². The Hall–Kier alpha value is -2.99. The number of carboxylic acid groups (broad SMARTS) is 1. The van der Waals surface area contributed by atoms with Crippen LogP contribution in [0.4, 0.5) is 0 Å². The van der Waals surface area contributed by atoms with Gasteiger partial charge in [-0.05, 0) is 39.7 Å². The topological polar surface area (TPSA) is 205 Å². The minimum absolute atomic E-state index is 0.0562. The van der Waals surface area contributed by atoms with Crippen molar-refractivity contribution in [2.75, 3.05) is 6.54 Å². The van der Waals surface area contributed by atoms with Gasteiger partial charge >= 0.3 is 5.97 Å². The number of aliphatic carboxylic acids is 1. The Morgan fingerprint density at radius 2 is 1.73 bits per heavy atom. The van der Waals surface area contributed by atoms with Gasteiger partial charge in [0.2, 0.25) is 17.7 Å². The monoisotopic (exact) mass is 425 g/mol. The van der Waals surface area contributed by atoms with Crippen molar-refractivity contribution < 1.29 is 24.3 Å². The van der Waals surface area contributed by atoms with E-state index in [1.165, 1.54) is 26.4 Å². The molecule has 12 heteroatoms. The summed E-state index contributed by atoms with van der Waals surface area (Å²) in [6.07, 6.45) is 4.34. The zero-order valence-electron chi connectivity index (χ0n) is 17.2. The first-order valence-electron chi connectivity index (χ1n) is 9.72. The highest BCUT2D eigenvalue weighted by Gasteiger charge is 2.28. The van der Waals surface area contributed by atoms with Crippen molar-refractivity contribution in [1.29, 1.82) is 0 Å². The number of nitrogens with zero attached hydrogens (tertiary/aromatic N) is 1. The molecule has 0 aliphatic carbocycles. The maximum atomic E-state index is 12.8. The fraction of sp³-hybridized carbons (Fsp3) is 0.611. The Labute approximate surface area is 174 Å². The minimum Gasteiger partial charge on any atom is -0.480 e. The number of aromatic amines is 1. The van der Waals surface area contributed by atoms with Crippen LogP contribution in [0.15, 0.2) is 12.5 Å². The van der Waals surface area contributed by atoms with Crippen LogP contribution in [-0.4, -0.2) is 69.5 Å². The van der Waals surface area contributed by atoms with Crippen LogP contribution in [0, 0.1) is 0 Å². The molecule has 1 heterocycles. The number of nitrogens with one attached hydrogen (secondary N) is 4. The van der Waals surface area contributed by atoms with E-state index < -0.39 is 47.9 Å². The average Bonchev–Trinajstić information content (AvgIpc) is 3.19. The highest BCUT2D eigenvalue weighted by Crippen LogP contribution is 2.04. The van der Waals surface area contributed by atoms with Gasteiger partial charge in [0.25, 0.3) is 0 Å². The molecular weight excluding hydrogens is 394 g/mol. The van der Waals surface area contributed by atoms with Gasteiger partial charge in [-0.1, -0.05) is 0 Å². The third kappa shape index (κ3) is 8.57. The standard InChI is InChI=1S/C18H31N7O5/c1-10(20)15(26)23-11(2)16(27)25-14(7-12-8-21-9-22-12)17(28)24-13(18(29)30)5-3-4-6-19/h8-11,13-14H,3-7,19-20H2,1-2H3,(H,21,22)(H,23,26)(H,24,28)(H,25,27)(H,29,30). The molecule has 0 fully saturated rings. The van der Waals surface area contributed by atoms with Crippen LogP contribution in [0.3, 0.4) is 0 Å². The molecule has 0 spiro atoms. The lowest BCUT2D eigenvalue weighted by molar-refractivity contribution is -0.142. The van der Waals surface area contributed by atoms with Crippen LogP contribution in [-0.2, 0) is 25.6 Å². The molecule has 0 bridgehead atoms. The number of unbranched alkanes of at least 4 members (excludes halogenated alkanes) is 1. The van der Waals surface area contributed by atoms with E-state index in [1.807, 2.05) is 0 Å². The number of carboxylic acids is 1. The molecule has 0 saturated carbocycles. The third-order valence-electron chi connectivity index (χ3n) is 4.34. The predicted molar refractivity (Wildman–Crippen MR) is 108 cm³/mol. The number of hydrogen-bond donors (Lipinski definition) is 7. The van der Waals surface area contributed by atoms with Gasteiger partial charge in [0, 0.05) is 18.3 Å². The first-order chi connectivity index (χ1) is 14.1. The van der Waals surface area contributed by atoms with Crippen LogP contribution in [0.1, 0.15) is 38.8 Å². The van der Waals surface area contributed by atoms with Gasteiger partial charge < -0.3 is 37.5 Å². The first-order valence-corrected chi connectivity index (χ1v) is 9.72. The molecule has 9 N–H and O–H groups in total. The largest absolute Gasteiger partial charge is 0.480 e. The SMILES string of the molecule is CC(N)C(=O)NC(C)C(=O)NC(Cc1cnc[nH]1)C(=O)NC(CCCCN)C(=O)O. The van der Waals surface area contributed by atoms with Gasteiger partial charge in [-0.15, -0.1) is 0 Å². The zero-order valence-corrected chi connectivity index (χ0v) is 17.2. The van der Waals surface area contributed by atoms with Crippen molar-refractivity contribution in [3.05, 3.63) is 18.2 Å². The second kappa shape index (κ2) is 12.5. The molecule has 168 valence electrons. The highest BCUT2D eigenvalue weighted by atomic mass is 16.4. The van der Waals surface area contributed by atoms with Crippen molar-refractivity contribution >= 4 is 23.7 Å². The number of nitrogens with two attached hydrogens (primary N) is 2. The van der Waals surface area contributed by atoms with Gasteiger partial charge in [0.1, 0.15) is 18.1 Å². The van der Waals surface area contributed by atoms with Crippen molar-refractivity contribution in [3.8, 4) is 0 Å². The second-order valence-corrected chi connectivity index (χ2v) is 7.04. The molecule has 1 aromatic heterocycles. The Bertz CT molecular complexity index is 708. The lowest BCUT2D eigenvalue weighted by Gasteiger charge is -2.23. The lowest BCUT2D eigenvalue weighted by Crippen LogP contribution is -2.56. The first kappa shape index (κ1) is 25.0. The summed E-state index contributed by atoms with van der Waals surface area (Å²) in [5.41, 5.74) is 11.5. The van der Waals surface area contributed by atoms with Gasteiger partial charge in [-0.25, -0.2) is 9.78 Å². The molecular formula is C18H31N7O5. The Morgan fingerprint density at radius 3 is 2.27 bits per heavy atom. The maximum Gasteiger partial charge on any atom is 0.326 e. The number of carbonyl (C=O) groups is 4. The average molecular weight is 425 g/mol. The molecule has 0 aliphatic rings. The van der Waals surface area contributed by atoms with Crippen LogP contribution < -0.4 is 27.4 Å². The number of aromatic nitrogens is 2. The Kier molecular flexibility index (Phi) is 10.5. The summed E-state index contributed by atoms with van der Waals surface area (Å²) < 4.78 is 0. The van der Waals surface area contributed by atoms with Crippen LogP contribution in [0.25, 0.3) is 0 Å². The number of amides is 3. The fourth-order valence-corrected chi connectivity index (χ4v) is 2.56. The zero-order chi connectivity index (χ0) is 22.7. The van der Waals surface area contributed by atoms with E-state index in [9.17, 15) is 24.3 Å². The molecule has 0 saturated heterocycles. The molecule has 0 aromatic carbocycles. The number of hydrogen-bond acceptors (Lipinski definition) is 7. The number of H-pyrrole nitrogens is 1. The van der Waals surface area contributed by atoms with E-state index in [4.69, 9.17) is 11.5 Å². The molecule has 4 unspecified atom stereocenters. The molecule has 0 aliphatic heterocycles. The second-order valence-electron chi connectivity index (χ2n) is 7.04. The molecule has 3 amide bonds. The van der Waals surface area contributed by atoms with Crippen molar-refractivity contribution in [3.63, 3.8) is 0 Å². The summed E-state index contributed by atoms with van der Waals surface area (Å²) in [4.78, 5) is 55.1. The van der Waals surface area contributed by atoms with Crippen LogP contribution in [0.5, 0.6) is 0 Å². The minimum atomic E-state index is -1.18. The van der Waals surface area contributed by atoms with E-state index >= 15 is 0 Å². The summed E-state index contributed by atoms with van der Waals surface area (Å²) in [6.45, 7) is 3.35. The van der Waals surface area contributed by atoms with Crippen LogP contribution in [0.2, 0.25) is 0 Å². The van der Waals surface area contributed by atoms with E-state index in [0.29, 0.717) is 25.1 Å². The van der Waals surface area contributed by atoms with E-state index in [2.05, 4.69) is 25.9 Å². The van der Waals surface area contributed by atoms with Gasteiger partial charge in [-0.2, -0.15) is 0 Å². The summed E-state index contributed by atoms with van der Waals surface area (Å²) in [5.74, 6) is -2.97.